The van der Waals surface area contributed by atoms with E-state index in [4.69, 9.17) is 18.9 Å². The van der Waals surface area contributed by atoms with Crippen molar-refractivity contribution in [2.24, 2.45) is 0 Å². The van der Waals surface area contributed by atoms with Crippen LogP contribution in [0.5, 0.6) is 0 Å². The molecule has 0 aromatic rings. The fourth-order valence-corrected chi connectivity index (χ4v) is 3.69. The van der Waals surface area contributed by atoms with Gasteiger partial charge in [-0.1, -0.05) is 25.7 Å². The van der Waals surface area contributed by atoms with Crippen LogP contribution in [0.25, 0.3) is 0 Å². The van der Waals surface area contributed by atoms with E-state index in [1.807, 2.05) is 0 Å². The molecule has 0 aromatic carbocycles. The highest BCUT2D eigenvalue weighted by Crippen LogP contribution is 2.26. The van der Waals surface area contributed by atoms with Gasteiger partial charge in [0.25, 0.3) is 0 Å². The zero-order valence-corrected chi connectivity index (χ0v) is 12.4. The molecule has 2 aliphatic carbocycles. The molecule has 0 radical (unpaired) electrons. The van der Waals surface area contributed by atoms with Crippen LogP contribution in [0.4, 0.5) is 0 Å². The van der Waals surface area contributed by atoms with Gasteiger partial charge in [-0.25, -0.2) is 0 Å². The van der Waals surface area contributed by atoms with Gasteiger partial charge in [0, 0.05) is 0 Å². The van der Waals surface area contributed by atoms with E-state index in [2.05, 4.69) is 0 Å². The van der Waals surface area contributed by atoms with Gasteiger partial charge < -0.3 is 18.9 Å². The Kier molecular flexibility index (Phi) is 5.71. The SMILES string of the molecule is C1CC[C@H]2OCCO[C@H]3CCCC[C@H]3OCCO[C@H]2C1. The van der Waals surface area contributed by atoms with Gasteiger partial charge in [-0.2, -0.15) is 0 Å². The third-order valence-corrected chi connectivity index (χ3v) is 4.78. The van der Waals surface area contributed by atoms with Crippen molar-refractivity contribution in [3.63, 3.8) is 0 Å². The first-order valence-electron chi connectivity index (χ1n) is 8.40. The zero-order valence-electron chi connectivity index (χ0n) is 12.4. The molecular weight excluding hydrogens is 256 g/mol. The predicted molar refractivity (Wildman–Crippen MR) is 75.9 cm³/mol. The fraction of sp³-hybridized carbons (Fsp3) is 1.00. The molecule has 3 aliphatic rings. The quantitative estimate of drug-likeness (QED) is 0.685. The van der Waals surface area contributed by atoms with E-state index >= 15 is 0 Å². The summed E-state index contributed by atoms with van der Waals surface area (Å²) in [7, 11) is 0. The number of hydrogen-bond donors (Lipinski definition) is 0. The highest BCUT2D eigenvalue weighted by atomic mass is 16.6. The number of fused-ring (bicyclic) bond motifs is 2. The molecule has 0 aromatic heterocycles. The molecular formula is C16H28O4. The minimum absolute atomic E-state index is 0.258. The summed E-state index contributed by atoms with van der Waals surface area (Å²) >= 11 is 0. The number of ether oxygens (including phenoxy) is 4. The largest absolute Gasteiger partial charge is 0.373 e. The molecule has 0 N–H and O–H groups in total. The third-order valence-electron chi connectivity index (χ3n) is 4.78. The summed E-state index contributed by atoms with van der Waals surface area (Å²) < 4.78 is 24.0. The molecule has 4 heteroatoms. The van der Waals surface area contributed by atoms with Gasteiger partial charge in [0.2, 0.25) is 0 Å². The van der Waals surface area contributed by atoms with Gasteiger partial charge in [0.15, 0.2) is 0 Å². The van der Waals surface area contributed by atoms with Crippen LogP contribution < -0.4 is 0 Å². The molecule has 3 fully saturated rings. The summed E-state index contributed by atoms with van der Waals surface area (Å²) in [6, 6.07) is 0. The molecule has 4 nitrogen and oxygen atoms in total. The molecule has 4 atom stereocenters. The van der Waals surface area contributed by atoms with Crippen molar-refractivity contribution in [3.8, 4) is 0 Å². The second kappa shape index (κ2) is 7.74. The van der Waals surface area contributed by atoms with Crippen molar-refractivity contribution in [1.29, 1.82) is 0 Å². The Bertz CT molecular complexity index is 228. The summed E-state index contributed by atoms with van der Waals surface area (Å²) in [5.74, 6) is 0. The Morgan fingerprint density at radius 2 is 0.650 bits per heavy atom. The molecule has 0 unspecified atom stereocenters. The lowest BCUT2D eigenvalue weighted by Gasteiger charge is -2.35. The Morgan fingerprint density at radius 1 is 0.400 bits per heavy atom. The summed E-state index contributed by atoms with van der Waals surface area (Å²) in [5.41, 5.74) is 0. The maximum Gasteiger partial charge on any atom is 0.0837 e. The van der Waals surface area contributed by atoms with Crippen LogP contribution in [0, 0.1) is 0 Å². The smallest absolute Gasteiger partial charge is 0.0837 e. The van der Waals surface area contributed by atoms with Gasteiger partial charge in [-0.3, -0.25) is 0 Å². The van der Waals surface area contributed by atoms with Crippen molar-refractivity contribution >= 4 is 0 Å². The van der Waals surface area contributed by atoms with E-state index in [0.717, 1.165) is 25.7 Å². The first-order valence-corrected chi connectivity index (χ1v) is 8.40. The molecule has 1 aliphatic heterocycles. The van der Waals surface area contributed by atoms with Crippen LogP contribution in [0.2, 0.25) is 0 Å². The van der Waals surface area contributed by atoms with E-state index in [9.17, 15) is 0 Å². The van der Waals surface area contributed by atoms with E-state index in [0.29, 0.717) is 26.4 Å². The van der Waals surface area contributed by atoms with Crippen LogP contribution in [0.1, 0.15) is 51.4 Å². The van der Waals surface area contributed by atoms with Gasteiger partial charge in [-0.05, 0) is 25.7 Å². The van der Waals surface area contributed by atoms with Gasteiger partial charge in [-0.15, -0.1) is 0 Å². The zero-order chi connectivity index (χ0) is 13.6. The lowest BCUT2D eigenvalue weighted by Crippen LogP contribution is -2.40. The van der Waals surface area contributed by atoms with Crippen LogP contribution in [-0.4, -0.2) is 50.8 Å². The van der Waals surface area contributed by atoms with Crippen molar-refractivity contribution in [1.82, 2.24) is 0 Å². The number of hydrogen-bond acceptors (Lipinski definition) is 4. The Hall–Kier alpha value is -0.160. The standard InChI is InChI=1S/C16H28O4/c1-2-6-14-13(5-1)17-9-10-19-15-7-3-4-8-16(15)20-12-11-18-14/h13-16H,1-12H2/t13-,14+,15+,16-. The lowest BCUT2D eigenvalue weighted by molar-refractivity contribution is -0.153. The van der Waals surface area contributed by atoms with E-state index in [-0.39, 0.29) is 24.4 Å². The molecule has 1 saturated heterocycles. The fourth-order valence-electron chi connectivity index (χ4n) is 3.69. The summed E-state index contributed by atoms with van der Waals surface area (Å²) in [6.07, 6.45) is 10.5. The van der Waals surface area contributed by atoms with Gasteiger partial charge >= 0.3 is 0 Å². The normalized spacial score (nSPS) is 40.8. The average Bonchev–Trinajstić information content (AvgIpc) is 2.49. The maximum atomic E-state index is 6.01. The molecule has 2 saturated carbocycles. The minimum atomic E-state index is 0.258. The maximum absolute atomic E-state index is 6.01. The van der Waals surface area contributed by atoms with Crippen LogP contribution in [-0.2, 0) is 18.9 Å². The average molecular weight is 284 g/mol. The first kappa shape index (κ1) is 14.8. The molecule has 3 rings (SSSR count). The van der Waals surface area contributed by atoms with Crippen LogP contribution >= 0.6 is 0 Å². The van der Waals surface area contributed by atoms with E-state index in [1.54, 1.807) is 0 Å². The highest BCUT2D eigenvalue weighted by molar-refractivity contribution is 4.79. The predicted octanol–water partition coefficient (Wildman–Crippen LogP) is 2.69. The molecule has 20 heavy (non-hydrogen) atoms. The third kappa shape index (κ3) is 3.94. The Morgan fingerprint density at radius 3 is 0.900 bits per heavy atom. The van der Waals surface area contributed by atoms with Gasteiger partial charge in [0.05, 0.1) is 50.8 Å². The second-order valence-electron chi connectivity index (χ2n) is 6.21. The number of rotatable bonds is 0. The van der Waals surface area contributed by atoms with Crippen molar-refractivity contribution in [3.05, 3.63) is 0 Å². The molecule has 0 amide bonds. The molecule has 0 spiro atoms. The molecule has 0 bridgehead atoms. The summed E-state index contributed by atoms with van der Waals surface area (Å²) in [6.45, 7) is 2.75. The van der Waals surface area contributed by atoms with Crippen molar-refractivity contribution in [2.45, 2.75) is 75.8 Å². The van der Waals surface area contributed by atoms with Gasteiger partial charge in [0.1, 0.15) is 0 Å². The second-order valence-corrected chi connectivity index (χ2v) is 6.21. The van der Waals surface area contributed by atoms with E-state index in [1.165, 1.54) is 25.7 Å². The topological polar surface area (TPSA) is 36.9 Å². The van der Waals surface area contributed by atoms with Crippen molar-refractivity contribution < 1.29 is 18.9 Å². The molecule has 116 valence electrons. The Balaban J connectivity index is 1.54. The minimum Gasteiger partial charge on any atom is -0.373 e. The summed E-state index contributed by atoms with van der Waals surface area (Å²) in [4.78, 5) is 0. The van der Waals surface area contributed by atoms with Crippen LogP contribution in [0.15, 0.2) is 0 Å². The first-order chi connectivity index (χ1) is 9.93. The summed E-state index contributed by atoms with van der Waals surface area (Å²) in [5, 5.41) is 0. The van der Waals surface area contributed by atoms with Crippen LogP contribution in [0.3, 0.4) is 0 Å². The molecule has 1 heterocycles. The Labute approximate surface area is 122 Å². The lowest BCUT2D eigenvalue weighted by atomic mass is 9.94. The monoisotopic (exact) mass is 284 g/mol. The highest BCUT2D eigenvalue weighted by Gasteiger charge is 2.29. The van der Waals surface area contributed by atoms with E-state index < -0.39 is 0 Å². The van der Waals surface area contributed by atoms with Crippen molar-refractivity contribution in [2.75, 3.05) is 26.4 Å².